The Balaban J connectivity index is 0.000000795. The van der Waals surface area contributed by atoms with Crippen LogP contribution >= 0.6 is 11.8 Å². The van der Waals surface area contributed by atoms with Crippen LogP contribution < -0.4 is 5.32 Å². The molecule has 0 bridgehead atoms. The van der Waals surface area contributed by atoms with E-state index < -0.39 is 0 Å². The van der Waals surface area contributed by atoms with Crippen molar-refractivity contribution in [2.24, 2.45) is 9.98 Å². The van der Waals surface area contributed by atoms with Crippen molar-refractivity contribution >= 4 is 35.2 Å². The van der Waals surface area contributed by atoms with Crippen LogP contribution in [-0.2, 0) is 13.0 Å². The smallest absolute Gasteiger partial charge is 0.137 e. The Morgan fingerprint density at radius 3 is 2.80 bits per heavy atom. The summed E-state index contributed by atoms with van der Waals surface area (Å²) in [5, 5.41) is 4.56. The van der Waals surface area contributed by atoms with Crippen LogP contribution in [-0.4, -0.2) is 64.5 Å². The fourth-order valence-electron chi connectivity index (χ4n) is 4.70. The summed E-state index contributed by atoms with van der Waals surface area (Å²) in [6, 6.07) is 4.87. The molecule has 2 unspecified atom stereocenters. The number of allylic oxidation sites excluding steroid dienone is 1. The van der Waals surface area contributed by atoms with Gasteiger partial charge >= 0.3 is 0 Å². The highest BCUT2D eigenvalue weighted by molar-refractivity contribution is 8.00. The zero-order valence-electron chi connectivity index (χ0n) is 22.1. The molecule has 35 heavy (non-hydrogen) atoms. The molecule has 2 N–H and O–H groups in total. The lowest BCUT2D eigenvalue weighted by atomic mass is 10.0. The zero-order chi connectivity index (χ0) is 25.0. The Bertz CT molecular complexity index is 986. The summed E-state index contributed by atoms with van der Waals surface area (Å²) in [5.74, 6) is 2.21. The van der Waals surface area contributed by atoms with E-state index in [4.69, 9.17) is 9.98 Å². The molecule has 0 saturated carbocycles. The Labute approximate surface area is 216 Å². The SMILES string of the molecule is C=N/C(=C\C(=NCc1cc(CCC)nc2[nH]ccc12)C1CCCS1)N1CCCCC1C.CCNC. The van der Waals surface area contributed by atoms with Crippen molar-refractivity contribution in [3.63, 3.8) is 0 Å². The second kappa shape index (κ2) is 14.4. The van der Waals surface area contributed by atoms with Gasteiger partial charge in [-0.05, 0) is 89.2 Å². The van der Waals surface area contributed by atoms with Crippen LogP contribution in [0.4, 0.5) is 0 Å². The number of aromatic amines is 1. The number of fused-ring (bicyclic) bond motifs is 1. The molecule has 2 fully saturated rings. The maximum absolute atomic E-state index is 5.18. The van der Waals surface area contributed by atoms with E-state index in [0.717, 1.165) is 43.1 Å². The number of H-pyrrole nitrogens is 1. The van der Waals surface area contributed by atoms with Gasteiger partial charge in [-0.2, -0.15) is 11.8 Å². The Kier molecular flexibility index (Phi) is 11.3. The first-order valence-electron chi connectivity index (χ1n) is 13.3. The van der Waals surface area contributed by atoms with E-state index in [-0.39, 0.29) is 0 Å². The molecule has 2 aliphatic heterocycles. The van der Waals surface area contributed by atoms with Crippen LogP contribution in [0.2, 0.25) is 0 Å². The normalized spacial score (nSPS) is 21.2. The molecule has 2 aliphatic rings. The summed E-state index contributed by atoms with van der Waals surface area (Å²) in [7, 11) is 1.93. The molecular formula is C28H44N6S. The van der Waals surface area contributed by atoms with E-state index in [9.17, 15) is 0 Å². The summed E-state index contributed by atoms with van der Waals surface area (Å²) in [6.07, 6.45) is 12.5. The van der Waals surface area contributed by atoms with Gasteiger partial charge in [0, 0.05) is 41.2 Å². The minimum atomic E-state index is 0.454. The molecule has 0 aromatic carbocycles. The number of rotatable bonds is 9. The Hall–Kier alpha value is -2.12. The largest absolute Gasteiger partial charge is 0.354 e. The minimum absolute atomic E-state index is 0.454. The standard InChI is InChI=1S/C25H35N5S.C3H9N/c1-4-8-20-15-19(21-11-12-27-25(21)29-20)17-28-22(23-10-7-14-31-23)16-24(26-3)30-13-6-5-9-18(30)2;1-3-4-2/h11-12,15-16,18,23H,3-10,13-14,17H2,1-2H3,(H,27,29);4H,3H2,1-2H3/b24-16+,28-22?;. The highest BCUT2D eigenvalue weighted by Gasteiger charge is 2.24. The summed E-state index contributed by atoms with van der Waals surface area (Å²) in [5.41, 5.74) is 4.54. The maximum atomic E-state index is 5.18. The van der Waals surface area contributed by atoms with Crippen molar-refractivity contribution in [3.05, 3.63) is 41.5 Å². The van der Waals surface area contributed by atoms with Crippen LogP contribution in [0.5, 0.6) is 0 Å². The van der Waals surface area contributed by atoms with E-state index >= 15 is 0 Å². The van der Waals surface area contributed by atoms with E-state index in [1.54, 1.807) is 0 Å². The first-order chi connectivity index (χ1) is 17.1. The molecule has 7 heteroatoms. The summed E-state index contributed by atoms with van der Waals surface area (Å²) in [6.45, 7) is 13.3. The topological polar surface area (TPSA) is 68.7 Å². The third-order valence-electron chi connectivity index (χ3n) is 6.75. The first-order valence-corrected chi connectivity index (χ1v) is 14.4. The van der Waals surface area contributed by atoms with Crippen molar-refractivity contribution in [1.82, 2.24) is 20.2 Å². The van der Waals surface area contributed by atoms with Crippen LogP contribution in [0.15, 0.2) is 40.2 Å². The van der Waals surface area contributed by atoms with E-state index in [1.807, 2.05) is 25.0 Å². The van der Waals surface area contributed by atoms with Crippen molar-refractivity contribution in [2.75, 3.05) is 25.9 Å². The van der Waals surface area contributed by atoms with Gasteiger partial charge in [-0.15, -0.1) is 0 Å². The predicted octanol–water partition coefficient (Wildman–Crippen LogP) is 5.99. The molecule has 2 atom stereocenters. The molecule has 192 valence electrons. The van der Waals surface area contributed by atoms with Crippen molar-refractivity contribution < 1.29 is 0 Å². The lowest BCUT2D eigenvalue weighted by Gasteiger charge is -2.35. The quantitative estimate of drug-likeness (QED) is 0.418. The Morgan fingerprint density at radius 1 is 1.31 bits per heavy atom. The van der Waals surface area contributed by atoms with Crippen molar-refractivity contribution in [3.8, 4) is 0 Å². The molecule has 2 saturated heterocycles. The van der Waals surface area contributed by atoms with Gasteiger partial charge in [0.1, 0.15) is 11.5 Å². The minimum Gasteiger partial charge on any atom is -0.354 e. The fourth-order valence-corrected chi connectivity index (χ4v) is 5.96. The molecule has 4 heterocycles. The number of aryl methyl sites for hydroxylation is 1. The fraction of sp³-hybridized carbons (Fsp3) is 0.607. The molecule has 2 aromatic heterocycles. The monoisotopic (exact) mass is 496 g/mol. The third kappa shape index (κ3) is 7.68. The van der Waals surface area contributed by atoms with Gasteiger partial charge in [0.2, 0.25) is 0 Å². The lowest BCUT2D eigenvalue weighted by Crippen LogP contribution is -2.36. The summed E-state index contributed by atoms with van der Waals surface area (Å²) < 4.78 is 0. The molecular weight excluding hydrogens is 452 g/mol. The molecule has 0 radical (unpaired) electrons. The number of aliphatic imine (C=N–C) groups is 2. The van der Waals surface area contributed by atoms with Gasteiger partial charge < -0.3 is 15.2 Å². The Morgan fingerprint density at radius 2 is 2.14 bits per heavy atom. The number of piperidine rings is 1. The van der Waals surface area contributed by atoms with Crippen LogP contribution in [0, 0.1) is 0 Å². The third-order valence-corrected chi connectivity index (χ3v) is 8.16. The number of likely N-dealkylation sites (tertiary alicyclic amines) is 1. The van der Waals surface area contributed by atoms with Gasteiger partial charge in [-0.3, -0.25) is 4.99 Å². The van der Waals surface area contributed by atoms with E-state index in [2.05, 4.69) is 65.9 Å². The average Bonchev–Trinajstić information content (AvgIpc) is 3.58. The summed E-state index contributed by atoms with van der Waals surface area (Å²) >= 11 is 2.03. The number of nitrogens with one attached hydrogen (secondary N) is 2. The lowest BCUT2D eigenvalue weighted by molar-refractivity contribution is 0.207. The first kappa shape index (κ1) is 27.5. The van der Waals surface area contributed by atoms with Crippen molar-refractivity contribution in [2.45, 2.75) is 83.6 Å². The van der Waals surface area contributed by atoms with Crippen molar-refractivity contribution in [1.29, 1.82) is 0 Å². The molecule has 0 spiro atoms. The molecule has 2 aromatic rings. The summed E-state index contributed by atoms with van der Waals surface area (Å²) in [4.78, 5) is 20.1. The molecule has 6 nitrogen and oxygen atoms in total. The number of nitrogens with zero attached hydrogens (tertiary/aromatic N) is 4. The van der Waals surface area contributed by atoms with Gasteiger partial charge in [0.05, 0.1) is 12.3 Å². The van der Waals surface area contributed by atoms with Crippen LogP contribution in [0.1, 0.15) is 70.6 Å². The number of pyridine rings is 1. The number of hydrogen-bond acceptors (Lipinski definition) is 6. The number of hydrogen-bond donors (Lipinski definition) is 2. The van der Waals surface area contributed by atoms with E-state index in [1.165, 1.54) is 54.5 Å². The second-order valence-electron chi connectivity index (χ2n) is 9.41. The van der Waals surface area contributed by atoms with Gasteiger partial charge in [-0.25, -0.2) is 9.98 Å². The van der Waals surface area contributed by atoms with Crippen LogP contribution in [0.25, 0.3) is 11.0 Å². The van der Waals surface area contributed by atoms with E-state index in [0.29, 0.717) is 17.8 Å². The number of thioether (sulfide) groups is 1. The van der Waals surface area contributed by atoms with Gasteiger partial charge in [0.25, 0.3) is 0 Å². The highest BCUT2D eigenvalue weighted by atomic mass is 32.2. The predicted molar refractivity (Wildman–Crippen MR) is 154 cm³/mol. The molecule has 0 aliphatic carbocycles. The molecule has 4 rings (SSSR count). The molecule has 0 amide bonds. The second-order valence-corrected chi connectivity index (χ2v) is 10.7. The highest BCUT2D eigenvalue weighted by Crippen LogP contribution is 2.30. The van der Waals surface area contributed by atoms with Gasteiger partial charge in [0.15, 0.2) is 0 Å². The maximum Gasteiger partial charge on any atom is 0.137 e. The zero-order valence-corrected chi connectivity index (χ0v) is 23.0. The average molecular weight is 497 g/mol. The van der Waals surface area contributed by atoms with Gasteiger partial charge in [-0.1, -0.05) is 20.3 Å². The number of aromatic nitrogens is 2. The van der Waals surface area contributed by atoms with Crippen LogP contribution in [0.3, 0.4) is 0 Å².